The number of nitrogen functional groups attached to an aromatic ring is 1. The lowest BCUT2D eigenvalue weighted by molar-refractivity contribution is 0.100. The molecule has 0 saturated heterocycles. The third kappa shape index (κ3) is 2.41. The van der Waals surface area contributed by atoms with Gasteiger partial charge < -0.3 is 16.8 Å². The number of hydrogen-bond donors (Lipinski definition) is 3. The van der Waals surface area contributed by atoms with Gasteiger partial charge in [0.15, 0.2) is 11.5 Å². The zero-order valence-electron chi connectivity index (χ0n) is 12.8. The van der Waals surface area contributed by atoms with Crippen LogP contribution in [0.15, 0.2) is 30.0 Å². The number of nitrogens with two attached hydrogens (primary N) is 2. The summed E-state index contributed by atoms with van der Waals surface area (Å²) in [4.78, 5) is 21.1. The van der Waals surface area contributed by atoms with E-state index in [0.717, 1.165) is 41.2 Å². The molecule has 0 aliphatic carbocycles. The number of primary amides is 1. The third-order valence-corrected chi connectivity index (χ3v) is 4.98. The molecule has 3 aromatic heterocycles. The normalized spacial score (nSPS) is 14.4. The second kappa shape index (κ2) is 5.64. The summed E-state index contributed by atoms with van der Waals surface area (Å²) in [5, 5.41) is 4.99. The zero-order valence-corrected chi connectivity index (χ0v) is 13.6. The number of nitrogens with one attached hydrogen (secondary N) is 1. The van der Waals surface area contributed by atoms with Gasteiger partial charge in [0.2, 0.25) is 5.91 Å². The van der Waals surface area contributed by atoms with Gasteiger partial charge in [0.1, 0.15) is 0 Å². The van der Waals surface area contributed by atoms with Crippen LogP contribution in [0.3, 0.4) is 0 Å². The topological polar surface area (TPSA) is 111 Å². The van der Waals surface area contributed by atoms with E-state index >= 15 is 0 Å². The number of thiophene rings is 1. The molecule has 4 heterocycles. The van der Waals surface area contributed by atoms with Gasteiger partial charge in [-0.1, -0.05) is 0 Å². The maximum atomic E-state index is 11.3. The molecular formula is C16H16N6OS. The predicted molar refractivity (Wildman–Crippen MR) is 94.4 cm³/mol. The van der Waals surface area contributed by atoms with E-state index in [0.29, 0.717) is 17.0 Å². The van der Waals surface area contributed by atoms with Crippen molar-refractivity contribution in [3.05, 3.63) is 41.3 Å². The van der Waals surface area contributed by atoms with Crippen molar-refractivity contribution in [2.75, 3.05) is 12.3 Å². The van der Waals surface area contributed by atoms with Crippen molar-refractivity contribution in [2.24, 2.45) is 5.73 Å². The summed E-state index contributed by atoms with van der Waals surface area (Å²) in [6.45, 7) is 0.983. The van der Waals surface area contributed by atoms with E-state index < -0.39 is 5.91 Å². The summed E-state index contributed by atoms with van der Waals surface area (Å²) < 4.78 is 1.92. The number of carbonyl (C=O) groups excluding carboxylic acids is 1. The number of rotatable bonds is 3. The Labute approximate surface area is 142 Å². The number of amides is 1. The van der Waals surface area contributed by atoms with Crippen LogP contribution in [0.5, 0.6) is 0 Å². The molecule has 0 spiro atoms. The highest BCUT2D eigenvalue weighted by atomic mass is 32.1. The molecule has 1 amide bonds. The van der Waals surface area contributed by atoms with Gasteiger partial charge in [-0.25, -0.2) is 9.97 Å². The monoisotopic (exact) mass is 340 g/mol. The largest absolute Gasteiger partial charge is 0.391 e. The van der Waals surface area contributed by atoms with Gasteiger partial charge in [0.25, 0.3) is 0 Å². The molecule has 4 rings (SSSR count). The lowest BCUT2D eigenvalue weighted by Gasteiger charge is -2.11. The second-order valence-corrected chi connectivity index (χ2v) is 6.55. The Kier molecular flexibility index (Phi) is 3.46. The van der Waals surface area contributed by atoms with Crippen LogP contribution in [0.1, 0.15) is 28.9 Å². The Bertz CT molecular complexity index is 970. The van der Waals surface area contributed by atoms with Crippen molar-refractivity contribution < 1.29 is 4.79 Å². The molecular weight excluding hydrogens is 324 g/mol. The first-order valence-corrected chi connectivity index (χ1v) is 8.46. The number of nitrogens with zero attached hydrogens (tertiary/aromatic N) is 3. The summed E-state index contributed by atoms with van der Waals surface area (Å²) >= 11 is 1.44. The van der Waals surface area contributed by atoms with Crippen molar-refractivity contribution in [1.82, 2.24) is 19.7 Å². The number of allylic oxidation sites excluding steroid dienone is 1. The third-order valence-electron chi connectivity index (χ3n) is 4.03. The van der Waals surface area contributed by atoms with Gasteiger partial charge in [-0.05, 0) is 24.5 Å². The first-order chi connectivity index (χ1) is 11.6. The Morgan fingerprint density at radius 1 is 1.42 bits per heavy atom. The second-order valence-electron chi connectivity index (χ2n) is 5.64. The molecule has 24 heavy (non-hydrogen) atoms. The molecule has 0 fully saturated rings. The summed E-state index contributed by atoms with van der Waals surface area (Å²) in [6.07, 6.45) is 7.71. The Morgan fingerprint density at radius 2 is 2.29 bits per heavy atom. The molecule has 122 valence electrons. The fourth-order valence-corrected chi connectivity index (χ4v) is 3.69. The van der Waals surface area contributed by atoms with E-state index in [1.165, 1.54) is 11.3 Å². The average molecular weight is 340 g/mol. The lowest BCUT2D eigenvalue weighted by atomic mass is 10.1. The van der Waals surface area contributed by atoms with Gasteiger partial charge in [0, 0.05) is 24.3 Å². The quantitative estimate of drug-likeness (QED) is 0.674. The maximum Gasteiger partial charge on any atom is 0.249 e. The van der Waals surface area contributed by atoms with Crippen LogP contribution >= 0.6 is 11.3 Å². The van der Waals surface area contributed by atoms with Crippen molar-refractivity contribution in [1.29, 1.82) is 0 Å². The van der Waals surface area contributed by atoms with Gasteiger partial charge in [0.05, 0.1) is 28.0 Å². The minimum Gasteiger partial charge on any atom is -0.391 e. The smallest absolute Gasteiger partial charge is 0.249 e. The minimum atomic E-state index is -0.443. The molecule has 5 N–H and O–H groups in total. The van der Waals surface area contributed by atoms with Crippen LogP contribution in [0.2, 0.25) is 0 Å². The fourth-order valence-electron chi connectivity index (χ4n) is 2.78. The highest BCUT2D eigenvalue weighted by Gasteiger charge is 2.16. The van der Waals surface area contributed by atoms with Crippen LogP contribution in [0.4, 0.5) is 5.82 Å². The number of fused-ring (bicyclic) bond motifs is 1. The molecule has 0 radical (unpaired) electrons. The molecule has 0 bridgehead atoms. The van der Waals surface area contributed by atoms with E-state index in [2.05, 4.69) is 15.3 Å². The Hall–Kier alpha value is -2.87. The predicted octanol–water partition coefficient (Wildman–Crippen LogP) is 1.86. The van der Waals surface area contributed by atoms with Crippen LogP contribution in [0, 0.1) is 0 Å². The van der Waals surface area contributed by atoms with Crippen molar-refractivity contribution in [3.63, 3.8) is 0 Å². The molecule has 8 heteroatoms. The minimum absolute atomic E-state index is 0.376. The van der Waals surface area contributed by atoms with Crippen molar-refractivity contribution in [3.8, 4) is 10.6 Å². The molecule has 0 unspecified atom stereocenters. The van der Waals surface area contributed by atoms with Gasteiger partial charge in [-0.15, -0.1) is 11.3 Å². The molecule has 7 nitrogen and oxygen atoms in total. The number of imidazole rings is 1. The van der Waals surface area contributed by atoms with E-state index in [1.807, 2.05) is 16.8 Å². The highest BCUT2D eigenvalue weighted by Crippen LogP contribution is 2.30. The number of carbonyl (C=O) groups is 1. The number of anilines is 1. The lowest BCUT2D eigenvalue weighted by Crippen LogP contribution is -2.13. The van der Waals surface area contributed by atoms with E-state index in [4.69, 9.17) is 11.5 Å². The average Bonchev–Trinajstić information content (AvgIpc) is 3.24. The summed E-state index contributed by atoms with van der Waals surface area (Å²) in [6, 6.07) is 1.76. The molecule has 3 aromatic rings. The first-order valence-electron chi connectivity index (χ1n) is 7.58. The fraction of sp³-hybridized carbons (Fsp3) is 0.188. The zero-order chi connectivity index (χ0) is 16.7. The van der Waals surface area contributed by atoms with E-state index in [1.54, 1.807) is 17.6 Å². The van der Waals surface area contributed by atoms with Crippen LogP contribution in [-0.4, -0.2) is 26.8 Å². The van der Waals surface area contributed by atoms with Crippen molar-refractivity contribution >= 4 is 34.3 Å². The highest BCUT2D eigenvalue weighted by molar-refractivity contribution is 7.13. The molecule has 1 aliphatic heterocycles. The summed E-state index contributed by atoms with van der Waals surface area (Å²) in [5.41, 5.74) is 15.3. The molecule has 0 aromatic carbocycles. The number of hydrogen-bond acceptors (Lipinski definition) is 6. The van der Waals surface area contributed by atoms with E-state index in [9.17, 15) is 4.79 Å². The Balaban J connectivity index is 1.86. The van der Waals surface area contributed by atoms with Gasteiger partial charge in [-0.2, -0.15) is 0 Å². The van der Waals surface area contributed by atoms with E-state index in [-0.39, 0.29) is 0 Å². The summed E-state index contributed by atoms with van der Waals surface area (Å²) in [7, 11) is 0. The Morgan fingerprint density at radius 3 is 3.00 bits per heavy atom. The first kappa shape index (κ1) is 14.7. The van der Waals surface area contributed by atoms with Crippen LogP contribution in [0.25, 0.3) is 21.8 Å². The SMILES string of the molecule is NC(=O)c1csc(-c2cnc(N)c3nc(C4=CNCCC4)cn23)c1. The van der Waals surface area contributed by atoms with Gasteiger partial charge >= 0.3 is 0 Å². The van der Waals surface area contributed by atoms with Crippen LogP contribution in [-0.2, 0) is 0 Å². The van der Waals surface area contributed by atoms with Gasteiger partial charge in [-0.3, -0.25) is 9.20 Å². The molecule has 1 aliphatic rings. The standard InChI is InChI=1S/C16H16N6OS/c17-14-16-21-11(9-2-1-3-19-5-9)7-22(16)12(6-20-14)13-4-10(8-24-13)15(18)23/h4-8,19H,1-3H2,(H2,17,20)(H2,18,23). The van der Waals surface area contributed by atoms with Crippen LogP contribution < -0.4 is 16.8 Å². The van der Waals surface area contributed by atoms with Crippen molar-refractivity contribution in [2.45, 2.75) is 12.8 Å². The number of aromatic nitrogens is 3. The summed E-state index contributed by atoms with van der Waals surface area (Å²) in [5.74, 6) is -0.0667. The molecule has 0 atom stereocenters. The molecule has 0 saturated carbocycles. The maximum absolute atomic E-state index is 11.3.